The first-order valence-electron chi connectivity index (χ1n) is 7.27. The van der Waals surface area contributed by atoms with Gasteiger partial charge in [-0.1, -0.05) is 25.5 Å². The fraction of sp³-hybridized carbons (Fsp3) is 0.400. The summed E-state index contributed by atoms with van der Waals surface area (Å²) in [5, 5.41) is 6.46. The summed E-state index contributed by atoms with van der Waals surface area (Å²) in [7, 11) is 0. The Morgan fingerprint density at radius 1 is 1.04 bits per heavy atom. The molecule has 0 aliphatic heterocycles. The van der Waals surface area contributed by atoms with Crippen LogP contribution in [0.15, 0.2) is 24.3 Å². The van der Waals surface area contributed by atoms with Gasteiger partial charge in [-0.15, -0.1) is 0 Å². The van der Waals surface area contributed by atoms with Gasteiger partial charge >= 0.3 is 18.0 Å². The third-order valence-corrected chi connectivity index (χ3v) is 2.94. The molecule has 0 radical (unpaired) electrons. The van der Waals surface area contributed by atoms with Crippen molar-refractivity contribution in [3.8, 4) is 0 Å². The molecule has 24 heavy (non-hydrogen) atoms. The maximum Gasteiger partial charge on any atom is 0.418 e. The van der Waals surface area contributed by atoms with Crippen molar-refractivity contribution in [2.45, 2.75) is 25.9 Å². The maximum absolute atomic E-state index is 12.8. The van der Waals surface area contributed by atoms with Crippen LogP contribution in [0.1, 0.15) is 25.3 Å². The minimum Gasteiger partial charge on any atom is -0.348 e. The Morgan fingerprint density at radius 3 is 2.29 bits per heavy atom. The molecule has 3 N–H and O–H groups in total. The average molecular weight is 345 g/mol. The highest BCUT2D eigenvalue weighted by atomic mass is 19.4. The molecular formula is C15H18F3N3O3. The van der Waals surface area contributed by atoms with Crippen LogP contribution in [0, 0.1) is 0 Å². The molecule has 0 aliphatic carbocycles. The van der Waals surface area contributed by atoms with Crippen molar-refractivity contribution in [2.24, 2.45) is 0 Å². The Morgan fingerprint density at radius 2 is 1.67 bits per heavy atom. The molecule has 0 fully saturated rings. The molecule has 0 saturated heterocycles. The summed E-state index contributed by atoms with van der Waals surface area (Å²) >= 11 is 0. The lowest BCUT2D eigenvalue weighted by molar-refractivity contribution is -0.139. The molecule has 6 nitrogen and oxygen atoms in total. The average Bonchev–Trinajstić information content (AvgIpc) is 2.52. The number of nitrogens with one attached hydrogen (secondary N) is 3. The van der Waals surface area contributed by atoms with E-state index in [0.717, 1.165) is 18.6 Å². The number of hydrogen-bond donors (Lipinski definition) is 3. The monoisotopic (exact) mass is 345 g/mol. The molecule has 1 aromatic rings. The van der Waals surface area contributed by atoms with Crippen molar-refractivity contribution in [1.29, 1.82) is 0 Å². The molecule has 3 amide bonds. The summed E-state index contributed by atoms with van der Waals surface area (Å²) in [5.74, 6) is -2.79. The standard InChI is InChI=1S/C15H18F3N3O3/c1-2-3-8-19-13(23)14(24)20-9-12(22)21-11-7-5-4-6-10(11)15(16,17)18/h4-7H,2-3,8-9H2,1H3,(H,19,23)(H,20,24)(H,21,22). The SMILES string of the molecule is CCCCNC(=O)C(=O)NCC(=O)Nc1ccccc1C(F)(F)F. The molecule has 0 heterocycles. The third kappa shape index (κ3) is 6.27. The van der Waals surface area contributed by atoms with Crippen LogP contribution in [0.3, 0.4) is 0 Å². The minimum atomic E-state index is -4.62. The number of carbonyl (C=O) groups excluding carboxylic acids is 3. The number of unbranched alkanes of at least 4 members (excludes halogenated alkanes) is 1. The highest BCUT2D eigenvalue weighted by molar-refractivity contribution is 6.35. The summed E-state index contributed by atoms with van der Waals surface area (Å²) in [6.45, 7) is 1.62. The fourth-order valence-corrected chi connectivity index (χ4v) is 1.73. The smallest absolute Gasteiger partial charge is 0.348 e. The molecule has 0 aliphatic rings. The zero-order valence-electron chi connectivity index (χ0n) is 13.0. The van der Waals surface area contributed by atoms with Crippen LogP contribution >= 0.6 is 0 Å². The Hall–Kier alpha value is -2.58. The first-order valence-corrected chi connectivity index (χ1v) is 7.27. The van der Waals surface area contributed by atoms with E-state index in [-0.39, 0.29) is 0 Å². The zero-order chi connectivity index (χ0) is 18.2. The molecule has 1 aromatic carbocycles. The lowest BCUT2D eigenvalue weighted by Gasteiger charge is -2.13. The van der Waals surface area contributed by atoms with Crippen molar-refractivity contribution < 1.29 is 27.6 Å². The Balaban J connectivity index is 2.53. The van der Waals surface area contributed by atoms with Gasteiger partial charge in [0.1, 0.15) is 0 Å². The number of para-hydroxylation sites is 1. The van der Waals surface area contributed by atoms with Gasteiger partial charge in [-0.3, -0.25) is 14.4 Å². The van der Waals surface area contributed by atoms with Crippen LogP contribution in [0.25, 0.3) is 0 Å². The molecule has 0 spiro atoms. The van der Waals surface area contributed by atoms with Gasteiger partial charge in [-0.2, -0.15) is 13.2 Å². The van der Waals surface area contributed by atoms with E-state index in [1.807, 2.05) is 12.2 Å². The second-order valence-electron chi connectivity index (χ2n) is 4.88. The van der Waals surface area contributed by atoms with Crippen molar-refractivity contribution in [2.75, 3.05) is 18.4 Å². The summed E-state index contributed by atoms with van der Waals surface area (Å²) < 4.78 is 38.4. The molecule has 132 valence electrons. The predicted octanol–water partition coefficient (Wildman–Crippen LogP) is 1.68. The first kappa shape index (κ1) is 19.5. The van der Waals surface area contributed by atoms with Crippen molar-refractivity contribution >= 4 is 23.4 Å². The lowest BCUT2D eigenvalue weighted by atomic mass is 10.1. The van der Waals surface area contributed by atoms with Gasteiger partial charge in [0.2, 0.25) is 5.91 Å². The summed E-state index contributed by atoms with van der Waals surface area (Å²) in [5.41, 5.74) is -1.42. The number of hydrogen-bond acceptors (Lipinski definition) is 3. The fourth-order valence-electron chi connectivity index (χ4n) is 1.73. The molecule has 0 atom stereocenters. The number of anilines is 1. The number of halogens is 3. The van der Waals surface area contributed by atoms with E-state index in [1.165, 1.54) is 12.1 Å². The quantitative estimate of drug-likeness (QED) is 0.541. The van der Waals surface area contributed by atoms with Crippen molar-refractivity contribution in [1.82, 2.24) is 10.6 Å². The summed E-state index contributed by atoms with van der Waals surface area (Å²) in [6.07, 6.45) is -3.08. The predicted molar refractivity (Wildman–Crippen MR) is 81.0 cm³/mol. The van der Waals surface area contributed by atoms with Crippen LogP contribution in [0.4, 0.5) is 18.9 Å². The largest absolute Gasteiger partial charge is 0.418 e. The van der Waals surface area contributed by atoms with E-state index in [2.05, 4.69) is 10.6 Å². The zero-order valence-corrected chi connectivity index (χ0v) is 13.0. The molecule has 0 aromatic heterocycles. The van der Waals surface area contributed by atoms with E-state index >= 15 is 0 Å². The number of amides is 3. The van der Waals surface area contributed by atoms with Crippen LogP contribution in [0.2, 0.25) is 0 Å². The Labute approximate surface area is 136 Å². The normalized spacial score (nSPS) is 10.8. The van der Waals surface area contributed by atoms with Gasteiger partial charge in [0, 0.05) is 6.54 Å². The lowest BCUT2D eigenvalue weighted by Crippen LogP contribution is -2.43. The van der Waals surface area contributed by atoms with Crippen molar-refractivity contribution in [3.63, 3.8) is 0 Å². The van der Waals surface area contributed by atoms with Gasteiger partial charge < -0.3 is 16.0 Å². The maximum atomic E-state index is 12.8. The number of carbonyl (C=O) groups is 3. The van der Waals surface area contributed by atoms with Gasteiger partial charge in [-0.25, -0.2) is 0 Å². The van der Waals surface area contributed by atoms with Crippen LogP contribution in [-0.4, -0.2) is 30.8 Å². The van der Waals surface area contributed by atoms with E-state index in [9.17, 15) is 27.6 Å². The second-order valence-corrected chi connectivity index (χ2v) is 4.88. The van der Waals surface area contributed by atoms with Gasteiger partial charge in [0.25, 0.3) is 0 Å². The number of rotatable bonds is 6. The highest BCUT2D eigenvalue weighted by Crippen LogP contribution is 2.34. The van der Waals surface area contributed by atoms with E-state index in [0.29, 0.717) is 13.0 Å². The molecule has 0 bridgehead atoms. The van der Waals surface area contributed by atoms with Crippen LogP contribution in [-0.2, 0) is 20.6 Å². The molecular weight excluding hydrogens is 327 g/mol. The van der Waals surface area contributed by atoms with Crippen LogP contribution < -0.4 is 16.0 Å². The van der Waals surface area contributed by atoms with Crippen LogP contribution in [0.5, 0.6) is 0 Å². The van der Waals surface area contributed by atoms with E-state index in [1.54, 1.807) is 0 Å². The van der Waals surface area contributed by atoms with Gasteiger partial charge in [0.15, 0.2) is 0 Å². The first-order chi connectivity index (χ1) is 11.3. The molecule has 9 heteroatoms. The molecule has 0 saturated carbocycles. The molecule has 0 unspecified atom stereocenters. The summed E-state index contributed by atoms with van der Waals surface area (Å²) in [6, 6.07) is 4.46. The number of alkyl halides is 3. The van der Waals surface area contributed by atoms with Gasteiger partial charge in [-0.05, 0) is 18.6 Å². The Kier molecular flexibility index (Phi) is 7.22. The highest BCUT2D eigenvalue weighted by Gasteiger charge is 2.33. The van der Waals surface area contributed by atoms with E-state index in [4.69, 9.17) is 0 Å². The topological polar surface area (TPSA) is 87.3 Å². The number of benzene rings is 1. The summed E-state index contributed by atoms with van der Waals surface area (Å²) in [4.78, 5) is 34.5. The Bertz CT molecular complexity index is 603. The van der Waals surface area contributed by atoms with Crippen molar-refractivity contribution in [3.05, 3.63) is 29.8 Å². The minimum absolute atomic E-state index is 0.327. The van der Waals surface area contributed by atoms with E-state index < -0.39 is 41.7 Å². The third-order valence-electron chi connectivity index (χ3n) is 2.94. The van der Waals surface area contributed by atoms with Gasteiger partial charge in [0.05, 0.1) is 17.8 Å². The molecule has 1 rings (SSSR count). The second kappa shape index (κ2) is 8.90.